The Morgan fingerprint density at radius 1 is 0.433 bits per heavy atom. The predicted molar refractivity (Wildman–Crippen MR) is 363 cm³/mol. The smallest absolute Gasteiger partial charge is 0.323 e. The van der Waals surface area contributed by atoms with Crippen LogP contribution in [0.25, 0.3) is 22.9 Å². The van der Waals surface area contributed by atoms with Gasteiger partial charge in [-0.25, -0.2) is 4.79 Å². The van der Waals surface area contributed by atoms with Gasteiger partial charge in [-0.05, 0) is 148 Å². The van der Waals surface area contributed by atoms with Gasteiger partial charge in [0.05, 0.1) is 75.7 Å². The SMILES string of the molecule is CCOc1ccc(N/N=C2\C(=O)c3ccc(NC(=O)Nc4ccc5c(c4)C=C(S(=O)(=O)O)/C(=N\Nc4ccc6cc(S(=O)(=O)O)ccc6c4)C5=O)cc3C=C2S(=O)(=O)O)cc1S(=O)(=O)O.CN(CCO)CCO.CN(CCO)CCO.CN(CCO)CCO.CN(CCO)CCO. The number of rotatable bonds is 28. The van der Waals surface area contributed by atoms with Gasteiger partial charge in [0, 0.05) is 74.9 Å². The molecule has 16 N–H and O–H groups in total. The van der Waals surface area contributed by atoms with E-state index in [0.717, 1.165) is 24.3 Å². The van der Waals surface area contributed by atoms with Crippen molar-refractivity contribution < 1.29 is 112 Å². The van der Waals surface area contributed by atoms with E-state index in [1.807, 2.05) is 47.8 Å². The molecule has 0 bridgehead atoms. The molecule has 0 aromatic heterocycles. The zero-order valence-electron chi connectivity index (χ0n) is 53.4. The number of carbonyl (C=O) groups is 3. The monoisotopic (exact) mass is 1440 g/mol. The van der Waals surface area contributed by atoms with Gasteiger partial charge in [0.15, 0.2) is 11.4 Å². The Morgan fingerprint density at radius 3 is 1.11 bits per heavy atom. The first-order valence-electron chi connectivity index (χ1n) is 29.0. The first-order chi connectivity index (χ1) is 45.6. The molecule has 536 valence electrons. The number of fused-ring (bicyclic) bond motifs is 3. The third-order valence-electron chi connectivity index (χ3n) is 13.2. The zero-order chi connectivity index (χ0) is 72.8. The van der Waals surface area contributed by atoms with E-state index in [-0.39, 0.29) is 115 Å². The Bertz CT molecular complexity index is 4000. The largest absolute Gasteiger partial charge is 0.492 e. The summed E-state index contributed by atoms with van der Waals surface area (Å²) in [5.74, 6) is -2.12. The number of Topliss-reactive ketones (excluding diaryl/α,β-unsaturated/α-hetero) is 2. The van der Waals surface area contributed by atoms with Crippen LogP contribution in [-0.2, 0) is 40.5 Å². The number of likely N-dealkylation sites (N-methyl/N-ethyl adjacent to an activating group) is 4. The van der Waals surface area contributed by atoms with Crippen LogP contribution in [0.3, 0.4) is 0 Å². The third-order valence-corrected chi connectivity index (χ3v) is 16.7. The average Bonchev–Trinajstić information content (AvgIpc) is 0.781. The van der Waals surface area contributed by atoms with Gasteiger partial charge < -0.3 is 75.8 Å². The number of nitrogens with one attached hydrogen (secondary N) is 4. The molecule has 0 spiro atoms. The van der Waals surface area contributed by atoms with Gasteiger partial charge in [-0.3, -0.25) is 38.7 Å². The number of carbonyl (C=O) groups excluding carboxylic acids is 3. The number of hydrogen-bond donors (Lipinski definition) is 16. The molecule has 0 heterocycles. The van der Waals surface area contributed by atoms with Crippen LogP contribution in [0, 0.1) is 0 Å². The fourth-order valence-corrected chi connectivity index (χ4v) is 10.8. The van der Waals surface area contributed by atoms with Crippen LogP contribution in [0.5, 0.6) is 5.75 Å². The molecule has 7 rings (SSSR count). The second-order valence-electron chi connectivity index (χ2n) is 20.7. The van der Waals surface area contributed by atoms with E-state index in [4.69, 9.17) is 45.6 Å². The molecule has 0 saturated heterocycles. The molecule has 0 atom stereocenters. The van der Waals surface area contributed by atoms with Gasteiger partial charge in [0.2, 0.25) is 11.6 Å². The zero-order valence-corrected chi connectivity index (χ0v) is 56.7. The quantitative estimate of drug-likeness (QED) is 0.0243. The molecule has 34 nitrogen and oxygen atoms in total. The van der Waals surface area contributed by atoms with Crippen molar-refractivity contribution in [2.24, 2.45) is 10.2 Å². The molecule has 2 aliphatic carbocycles. The summed E-state index contributed by atoms with van der Waals surface area (Å²) in [4.78, 5) is 44.8. The summed E-state index contributed by atoms with van der Waals surface area (Å²) in [5, 5.41) is 80.3. The van der Waals surface area contributed by atoms with Gasteiger partial charge >= 0.3 is 6.03 Å². The molecule has 38 heteroatoms. The van der Waals surface area contributed by atoms with Crippen molar-refractivity contribution in [1.82, 2.24) is 19.6 Å². The van der Waals surface area contributed by atoms with E-state index in [9.17, 15) is 66.3 Å². The number of urea groups is 1. The van der Waals surface area contributed by atoms with Crippen molar-refractivity contribution in [3.8, 4) is 5.75 Å². The lowest BCUT2D eigenvalue weighted by Gasteiger charge is -2.18. The fraction of sp³-hybridized carbons (Fsp3) is 0.373. The molecule has 0 aliphatic heterocycles. The molecule has 2 amide bonds. The van der Waals surface area contributed by atoms with Gasteiger partial charge in [-0.15, -0.1) is 0 Å². The van der Waals surface area contributed by atoms with Crippen LogP contribution in [0.15, 0.2) is 121 Å². The van der Waals surface area contributed by atoms with Crippen LogP contribution in [-0.4, -0.2) is 281 Å². The van der Waals surface area contributed by atoms with Crippen LogP contribution < -0.4 is 26.2 Å². The van der Waals surface area contributed by atoms with Crippen LogP contribution in [0.4, 0.5) is 27.5 Å². The second-order valence-corrected chi connectivity index (χ2v) is 26.3. The Hall–Kier alpha value is -7.65. The molecule has 0 fully saturated rings. The Morgan fingerprint density at radius 2 is 0.773 bits per heavy atom. The van der Waals surface area contributed by atoms with Crippen molar-refractivity contribution in [3.05, 3.63) is 123 Å². The van der Waals surface area contributed by atoms with Gasteiger partial charge in [-0.2, -0.15) is 43.9 Å². The van der Waals surface area contributed by atoms with Crippen molar-refractivity contribution >= 4 is 115 Å². The highest BCUT2D eigenvalue weighted by molar-refractivity contribution is 7.91. The second kappa shape index (κ2) is 40.3. The molecule has 2 aliphatic rings. The number of aliphatic hydroxyl groups excluding tert-OH is 8. The Kier molecular flexibility index (Phi) is 34.7. The van der Waals surface area contributed by atoms with Crippen molar-refractivity contribution in [2.75, 3.05) is 161 Å². The summed E-state index contributed by atoms with van der Waals surface area (Å²) in [6.07, 6.45) is 1.85. The van der Waals surface area contributed by atoms with E-state index >= 15 is 0 Å². The summed E-state index contributed by atoms with van der Waals surface area (Å²) in [6, 6.07) is 18.1. The first kappa shape index (κ1) is 83.6. The standard InChI is InChI=1S/C39H30N6O16S4.4C5H13NO2/c1-2-61-31-12-8-27(19-32(31)63(52,53)54)43-45-36-34(65(58,59)60)18-23-15-25(7-11-30(23)38(36)47)41-39(48)40-24-6-10-29-22(14-24)17-33(64(55,56)57)35(37(29)46)44-42-26-5-3-21-16-28(62(49,50)51)9-4-20(21)13-26;4*1-6(2-4-7)3-5-8/h3-19,42-43H,2H2,1H3,(H2,40,41,48)(H,49,50,51)(H,52,53,54)(H,55,56,57)(H,58,59,60);4*7-8H,2-5H2,1H3/b44-35+,45-36-;;;;. The maximum absolute atomic E-state index is 13.5. The van der Waals surface area contributed by atoms with E-state index in [2.05, 4.69) is 31.7 Å². The molecular weight excluding hydrogens is 1360 g/mol. The molecule has 0 unspecified atom stereocenters. The van der Waals surface area contributed by atoms with Crippen LogP contribution in [0.1, 0.15) is 38.8 Å². The number of hydrazone groups is 2. The Balaban J connectivity index is 0.000000627. The van der Waals surface area contributed by atoms with Crippen molar-refractivity contribution in [1.29, 1.82) is 0 Å². The highest BCUT2D eigenvalue weighted by atomic mass is 32.2. The topological polar surface area (TPSA) is 526 Å². The number of allylic oxidation sites excluding steroid dienone is 2. The molecule has 0 radical (unpaired) electrons. The number of benzene rings is 5. The number of amides is 2. The van der Waals surface area contributed by atoms with E-state index in [1.54, 1.807) is 6.92 Å². The number of nitrogens with zero attached hydrogens (tertiary/aromatic N) is 6. The highest BCUT2D eigenvalue weighted by Crippen LogP contribution is 2.32. The summed E-state index contributed by atoms with van der Waals surface area (Å²) in [5.41, 5.74) is 3.24. The minimum absolute atomic E-state index is 0.00921. The lowest BCUT2D eigenvalue weighted by molar-refractivity contribution is 0.105. The van der Waals surface area contributed by atoms with E-state index in [0.29, 0.717) is 63.1 Å². The highest BCUT2D eigenvalue weighted by Gasteiger charge is 2.35. The maximum Gasteiger partial charge on any atom is 0.323 e. The first-order valence-corrected chi connectivity index (χ1v) is 34.8. The lowest BCUT2D eigenvalue weighted by atomic mass is 9.94. The molecule has 0 saturated carbocycles. The minimum Gasteiger partial charge on any atom is -0.492 e. The predicted octanol–water partition coefficient (Wildman–Crippen LogP) is 0.773. The number of hydrogen-bond acceptors (Lipinski definition) is 28. The van der Waals surface area contributed by atoms with E-state index < -0.39 is 84.2 Å². The summed E-state index contributed by atoms with van der Waals surface area (Å²) in [7, 11) is -12.1. The van der Waals surface area contributed by atoms with E-state index in [1.165, 1.54) is 78.9 Å². The van der Waals surface area contributed by atoms with Crippen molar-refractivity contribution in [3.63, 3.8) is 0 Å². The van der Waals surface area contributed by atoms with Gasteiger partial charge in [0.1, 0.15) is 20.5 Å². The number of ether oxygens (including phenoxy) is 1. The number of aliphatic hydroxyl groups is 8. The normalized spacial score (nSPS) is 13.8. The summed E-state index contributed by atoms with van der Waals surface area (Å²) < 4.78 is 141. The molecule has 97 heavy (non-hydrogen) atoms. The number of anilines is 4. The molecular formula is C59H82N10O24S4. The third kappa shape index (κ3) is 27.7. The lowest BCUT2D eigenvalue weighted by Crippen LogP contribution is -2.27. The van der Waals surface area contributed by atoms with Crippen molar-refractivity contribution in [2.45, 2.75) is 16.7 Å². The summed E-state index contributed by atoms with van der Waals surface area (Å²) >= 11 is 0. The minimum atomic E-state index is -5.13. The molecule has 5 aromatic rings. The molecule has 5 aromatic carbocycles. The fourth-order valence-electron chi connectivity index (χ4n) is 8.29. The summed E-state index contributed by atoms with van der Waals surface area (Å²) in [6.45, 7) is 8.05. The van der Waals surface area contributed by atoms with Gasteiger partial charge in [0.25, 0.3) is 40.5 Å². The Labute approximate surface area is 561 Å². The van der Waals surface area contributed by atoms with Gasteiger partial charge in [-0.1, -0.05) is 12.1 Å². The van der Waals surface area contributed by atoms with Crippen LogP contribution in [0.2, 0.25) is 0 Å². The maximum atomic E-state index is 13.5. The average molecular weight is 1440 g/mol. The number of ketones is 2. The van der Waals surface area contributed by atoms with Crippen LogP contribution >= 0.6 is 0 Å².